The molecule has 3 amide bonds. The van der Waals surface area contributed by atoms with Gasteiger partial charge in [0.15, 0.2) is 6.23 Å². The van der Waals surface area contributed by atoms with Crippen LogP contribution in [0.15, 0.2) is 42.5 Å². The van der Waals surface area contributed by atoms with Crippen molar-refractivity contribution in [3.05, 3.63) is 59.2 Å². The number of aryl methyl sites for hydroxylation is 1. The lowest BCUT2D eigenvalue weighted by Crippen LogP contribution is -2.59. The fraction of sp³-hybridized carbons (Fsp3) is 0.500. The monoisotopic (exact) mass is 506 g/mol. The molecule has 37 heavy (non-hydrogen) atoms. The molecular formula is C28H34N4O5. The van der Waals surface area contributed by atoms with Crippen LogP contribution in [0.25, 0.3) is 0 Å². The number of carbonyl (C=O) groups excluding carboxylic acids is 2. The average Bonchev–Trinajstić information content (AvgIpc) is 3.52. The minimum atomic E-state index is -0.578. The lowest BCUT2D eigenvalue weighted by atomic mass is 9.93. The van der Waals surface area contributed by atoms with Crippen LogP contribution in [0, 0.1) is 5.92 Å². The van der Waals surface area contributed by atoms with Crippen LogP contribution in [0.4, 0.5) is 10.5 Å². The molecule has 196 valence electrons. The molecule has 2 N–H and O–H groups in total. The van der Waals surface area contributed by atoms with Crippen molar-refractivity contribution in [2.45, 2.75) is 63.4 Å². The first-order valence-corrected chi connectivity index (χ1v) is 13.1. The molecule has 2 bridgehead atoms. The van der Waals surface area contributed by atoms with Gasteiger partial charge >= 0.3 is 6.03 Å². The number of carbonyl (C=O) groups is 2. The maximum Gasteiger partial charge on any atom is 0.318 e. The third-order valence-electron chi connectivity index (χ3n) is 8.26. The average molecular weight is 507 g/mol. The zero-order chi connectivity index (χ0) is 25.7. The summed E-state index contributed by atoms with van der Waals surface area (Å²) >= 11 is 0. The Kier molecular flexibility index (Phi) is 6.09. The third kappa shape index (κ3) is 4.24. The molecule has 4 fully saturated rings. The van der Waals surface area contributed by atoms with Crippen LogP contribution in [0.5, 0.6) is 5.75 Å². The van der Waals surface area contributed by atoms with Crippen molar-refractivity contribution in [2.24, 2.45) is 5.92 Å². The molecule has 0 radical (unpaired) electrons. The SMILES string of the molecule is CNC(=O)Nc1ccc2c(c1)CC[C@@]21OC2OC1N2CC(=O)N(Cc1cccc(OC)c1)[C@@H](C)C1CC1. The summed E-state index contributed by atoms with van der Waals surface area (Å²) in [5, 5.41) is 5.40. The van der Waals surface area contributed by atoms with Gasteiger partial charge in [0.05, 0.1) is 13.7 Å². The number of nitrogens with one attached hydrogen (secondary N) is 2. The first-order valence-electron chi connectivity index (χ1n) is 13.1. The number of nitrogens with zero attached hydrogens (tertiary/aromatic N) is 2. The lowest BCUT2D eigenvalue weighted by Gasteiger charge is -2.41. The van der Waals surface area contributed by atoms with E-state index in [-0.39, 0.29) is 30.8 Å². The summed E-state index contributed by atoms with van der Waals surface area (Å²) in [6, 6.07) is 13.8. The summed E-state index contributed by atoms with van der Waals surface area (Å²) in [6.45, 7) is 2.96. The molecule has 9 heteroatoms. The normalized spacial score (nSPS) is 26.4. The minimum Gasteiger partial charge on any atom is -0.497 e. The van der Waals surface area contributed by atoms with Gasteiger partial charge in [0.1, 0.15) is 11.4 Å². The quantitative estimate of drug-likeness (QED) is 0.570. The summed E-state index contributed by atoms with van der Waals surface area (Å²) in [6.07, 6.45) is 3.13. The Morgan fingerprint density at radius 2 is 2.08 bits per heavy atom. The Hall–Kier alpha value is -3.14. The smallest absolute Gasteiger partial charge is 0.318 e. The maximum atomic E-state index is 13.7. The van der Waals surface area contributed by atoms with Gasteiger partial charge < -0.3 is 29.7 Å². The van der Waals surface area contributed by atoms with Gasteiger partial charge in [-0.2, -0.15) is 0 Å². The summed E-state index contributed by atoms with van der Waals surface area (Å²) in [4.78, 5) is 29.5. The molecule has 1 spiro atoms. The largest absolute Gasteiger partial charge is 0.497 e. The van der Waals surface area contributed by atoms with Crippen LogP contribution in [0.3, 0.4) is 0 Å². The van der Waals surface area contributed by atoms with Crippen LogP contribution >= 0.6 is 0 Å². The first-order chi connectivity index (χ1) is 17.9. The molecule has 7 rings (SSSR count). The predicted molar refractivity (Wildman–Crippen MR) is 137 cm³/mol. The second-order valence-electron chi connectivity index (χ2n) is 10.5. The van der Waals surface area contributed by atoms with Crippen LogP contribution in [-0.2, 0) is 32.8 Å². The van der Waals surface area contributed by atoms with Gasteiger partial charge in [-0.15, -0.1) is 0 Å². The van der Waals surface area contributed by atoms with Gasteiger partial charge in [-0.1, -0.05) is 18.2 Å². The Balaban J connectivity index is 1.18. The van der Waals surface area contributed by atoms with Gasteiger partial charge in [0.2, 0.25) is 12.3 Å². The zero-order valence-corrected chi connectivity index (χ0v) is 21.5. The Bertz CT molecular complexity index is 1220. The molecule has 4 atom stereocenters. The molecular weight excluding hydrogens is 472 g/mol. The lowest BCUT2D eigenvalue weighted by molar-refractivity contribution is -0.285. The zero-order valence-electron chi connectivity index (χ0n) is 21.5. The number of amides is 3. The minimum absolute atomic E-state index is 0.0875. The van der Waals surface area contributed by atoms with Crippen molar-refractivity contribution in [2.75, 3.05) is 26.0 Å². The maximum absolute atomic E-state index is 13.7. The van der Waals surface area contributed by atoms with E-state index in [2.05, 4.69) is 17.6 Å². The topological polar surface area (TPSA) is 92.4 Å². The van der Waals surface area contributed by atoms with E-state index in [4.69, 9.17) is 14.2 Å². The number of hydrogen-bond donors (Lipinski definition) is 2. The number of anilines is 1. The standard InChI is InChI=1S/C28H34N4O5/c1-17(19-7-8-19)31(15-18-5-4-6-22(13-18)35-3)24(33)16-32-25-28(37-27(32)36-25)12-11-20-14-21(9-10-23(20)28)30-26(34)29-2/h4-6,9-10,13-14,17,19,25,27H,7-8,11-12,15-16H2,1-3H3,(H2,29,30,34)/t17-,25?,27?,28+/m0/s1. The molecule has 3 saturated heterocycles. The number of hydrogen-bond acceptors (Lipinski definition) is 6. The Morgan fingerprint density at radius 1 is 1.24 bits per heavy atom. The van der Waals surface area contributed by atoms with Crippen LogP contribution in [0.2, 0.25) is 0 Å². The van der Waals surface area contributed by atoms with E-state index in [1.807, 2.05) is 52.3 Å². The fourth-order valence-corrected chi connectivity index (χ4v) is 6.01. The van der Waals surface area contributed by atoms with Crippen LogP contribution < -0.4 is 15.4 Å². The van der Waals surface area contributed by atoms with E-state index >= 15 is 0 Å². The highest BCUT2D eigenvalue weighted by atomic mass is 16.8. The van der Waals surface area contributed by atoms with Crippen LogP contribution in [0.1, 0.15) is 42.9 Å². The molecule has 2 aromatic carbocycles. The fourth-order valence-electron chi connectivity index (χ4n) is 6.01. The van der Waals surface area contributed by atoms with Gasteiger partial charge in [-0.05, 0) is 79.5 Å². The molecule has 9 nitrogen and oxygen atoms in total. The number of benzene rings is 2. The summed E-state index contributed by atoms with van der Waals surface area (Å²) < 4.78 is 17.9. The van der Waals surface area contributed by atoms with Crippen molar-refractivity contribution in [1.82, 2.24) is 15.1 Å². The first kappa shape index (κ1) is 24.2. The molecule has 0 aromatic heterocycles. The molecule has 2 aromatic rings. The molecule has 1 saturated carbocycles. The second-order valence-corrected chi connectivity index (χ2v) is 10.5. The number of ether oxygens (including phenoxy) is 3. The van der Waals surface area contributed by atoms with Crippen LogP contribution in [-0.4, -0.2) is 61.1 Å². The predicted octanol–water partition coefficient (Wildman–Crippen LogP) is 3.39. The van der Waals surface area contributed by atoms with E-state index in [9.17, 15) is 9.59 Å². The van der Waals surface area contributed by atoms with Crippen molar-refractivity contribution < 1.29 is 23.8 Å². The number of urea groups is 1. The highest BCUT2D eigenvalue weighted by molar-refractivity contribution is 5.89. The highest BCUT2D eigenvalue weighted by Gasteiger charge is 2.66. The molecule has 2 unspecified atom stereocenters. The van der Waals surface area contributed by atoms with E-state index in [1.165, 1.54) is 12.8 Å². The molecule has 3 aliphatic heterocycles. The summed E-state index contributed by atoms with van der Waals surface area (Å²) in [7, 11) is 3.25. The molecule has 3 heterocycles. The third-order valence-corrected chi connectivity index (χ3v) is 8.26. The number of fused-ring (bicyclic) bond motifs is 1. The van der Waals surface area contributed by atoms with Crippen molar-refractivity contribution in [3.63, 3.8) is 0 Å². The molecule has 5 aliphatic rings. The highest BCUT2D eigenvalue weighted by Crippen LogP contribution is 2.56. The van der Waals surface area contributed by atoms with Gasteiger partial charge in [-0.25, -0.2) is 9.69 Å². The second kappa shape index (κ2) is 9.31. The van der Waals surface area contributed by atoms with Gasteiger partial charge in [0, 0.05) is 25.3 Å². The van der Waals surface area contributed by atoms with Crippen molar-refractivity contribution in [3.8, 4) is 5.75 Å². The molecule has 2 aliphatic carbocycles. The Labute approximate surface area is 217 Å². The van der Waals surface area contributed by atoms with E-state index < -0.39 is 12.0 Å². The van der Waals surface area contributed by atoms with E-state index in [0.29, 0.717) is 12.5 Å². The Morgan fingerprint density at radius 3 is 2.84 bits per heavy atom. The van der Waals surface area contributed by atoms with Gasteiger partial charge in [-0.3, -0.25) is 4.79 Å². The van der Waals surface area contributed by atoms with E-state index in [1.54, 1.807) is 14.2 Å². The summed E-state index contributed by atoms with van der Waals surface area (Å²) in [5.41, 5.74) is 3.44. The van der Waals surface area contributed by atoms with Gasteiger partial charge in [0.25, 0.3) is 0 Å². The van der Waals surface area contributed by atoms with Crippen molar-refractivity contribution >= 4 is 17.6 Å². The number of methoxy groups -OCH3 is 1. The number of rotatable bonds is 8. The van der Waals surface area contributed by atoms with Crippen molar-refractivity contribution in [1.29, 1.82) is 0 Å². The summed E-state index contributed by atoms with van der Waals surface area (Å²) in [5.74, 6) is 1.44. The van der Waals surface area contributed by atoms with E-state index in [0.717, 1.165) is 41.0 Å².